The van der Waals surface area contributed by atoms with Gasteiger partial charge in [0, 0.05) is 24.3 Å². The normalized spacial score (nSPS) is 10.1. The number of benzene rings is 1. The molecule has 1 heterocycles. The van der Waals surface area contributed by atoms with Crippen LogP contribution in [0.2, 0.25) is 0 Å². The Labute approximate surface area is 117 Å². The highest BCUT2D eigenvalue weighted by atomic mass is 16.7. The number of aromatic hydroxyl groups is 2. The van der Waals surface area contributed by atoms with E-state index in [9.17, 15) is 25.1 Å². The zero-order chi connectivity index (χ0) is 15.6. The van der Waals surface area contributed by atoms with E-state index >= 15 is 0 Å². The number of nitro benzene ring substituents is 1. The number of nitrogens with zero attached hydrogens (tertiary/aromatic N) is 2. The fourth-order valence-electron chi connectivity index (χ4n) is 1.59. The van der Waals surface area contributed by atoms with Gasteiger partial charge in [-0.3, -0.25) is 10.1 Å². The van der Waals surface area contributed by atoms with Gasteiger partial charge in [0.05, 0.1) is 17.6 Å². The SMILES string of the molecule is COc1cc(C(=O)On2c(O)ccc2O)ccc1[N+](=O)[O-]. The van der Waals surface area contributed by atoms with E-state index in [0.717, 1.165) is 24.3 Å². The molecule has 2 rings (SSSR count). The first kappa shape index (κ1) is 14.2. The fraction of sp³-hybridized carbons (Fsp3) is 0.0833. The van der Waals surface area contributed by atoms with Crippen LogP contribution in [-0.2, 0) is 0 Å². The molecule has 0 radical (unpaired) electrons. The third-order valence-corrected chi connectivity index (χ3v) is 2.58. The van der Waals surface area contributed by atoms with Gasteiger partial charge >= 0.3 is 11.7 Å². The number of carbonyl (C=O) groups excluding carboxylic acids is 1. The van der Waals surface area contributed by atoms with Crippen LogP contribution in [0.1, 0.15) is 10.4 Å². The summed E-state index contributed by atoms with van der Waals surface area (Å²) in [5.41, 5.74) is -0.356. The number of ether oxygens (including phenoxy) is 1. The summed E-state index contributed by atoms with van der Waals surface area (Å²) < 4.78 is 5.34. The summed E-state index contributed by atoms with van der Waals surface area (Å²) in [7, 11) is 1.22. The molecule has 0 amide bonds. The minimum atomic E-state index is -0.940. The molecule has 0 atom stereocenters. The maximum atomic E-state index is 11.9. The standard InChI is InChI=1S/C12H10N2O7/c1-20-9-6-7(2-3-8(9)14(18)19)12(17)21-13-10(15)4-5-11(13)16/h2-6,15-16H,1H3. The van der Waals surface area contributed by atoms with Crippen LogP contribution >= 0.6 is 0 Å². The van der Waals surface area contributed by atoms with Gasteiger partial charge in [0.15, 0.2) is 5.75 Å². The van der Waals surface area contributed by atoms with Gasteiger partial charge in [-0.15, -0.1) is 4.73 Å². The number of nitro groups is 1. The van der Waals surface area contributed by atoms with Crippen LogP contribution in [0.4, 0.5) is 5.69 Å². The van der Waals surface area contributed by atoms with Crippen LogP contribution in [0.15, 0.2) is 30.3 Å². The van der Waals surface area contributed by atoms with Gasteiger partial charge in [-0.2, -0.15) is 0 Å². The highest BCUT2D eigenvalue weighted by Crippen LogP contribution is 2.28. The van der Waals surface area contributed by atoms with Crippen LogP contribution in [0.5, 0.6) is 17.5 Å². The lowest BCUT2D eigenvalue weighted by Crippen LogP contribution is -2.19. The van der Waals surface area contributed by atoms with E-state index in [1.165, 1.54) is 13.2 Å². The van der Waals surface area contributed by atoms with Gasteiger partial charge in [0.1, 0.15) is 0 Å². The summed E-state index contributed by atoms with van der Waals surface area (Å²) in [5, 5.41) is 29.5. The van der Waals surface area contributed by atoms with Gasteiger partial charge in [0.25, 0.3) is 0 Å². The largest absolute Gasteiger partial charge is 0.492 e. The Morgan fingerprint density at radius 2 is 1.86 bits per heavy atom. The van der Waals surface area contributed by atoms with E-state index in [-0.39, 0.29) is 17.0 Å². The molecular formula is C12H10N2O7. The molecule has 1 aromatic heterocycles. The van der Waals surface area contributed by atoms with E-state index < -0.39 is 22.7 Å². The molecule has 21 heavy (non-hydrogen) atoms. The minimum absolute atomic E-state index is 0.0510. The topological polar surface area (TPSA) is 124 Å². The van der Waals surface area contributed by atoms with Crippen LogP contribution in [0.25, 0.3) is 0 Å². The maximum absolute atomic E-state index is 11.9. The van der Waals surface area contributed by atoms with Crippen molar-refractivity contribution in [1.29, 1.82) is 0 Å². The quantitative estimate of drug-likeness (QED) is 0.638. The number of hydrogen-bond acceptors (Lipinski definition) is 7. The van der Waals surface area contributed by atoms with Crippen molar-refractivity contribution in [1.82, 2.24) is 4.73 Å². The molecule has 9 heteroatoms. The predicted octanol–water partition coefficient (Wildman–Crippen LogP) is 1.09. The summed E-state index contributed by atoms with van der Waals surface area (Å²) in [6, 6.07) is 5.63. The summed E-state index contributed by atoms with van der Waals surface area (Å²) in [6.45, 7) is 0. The Balaban J connectivity index is 2.30. The molecule has 110 valence electrons. The highest BCUT2D eigenvalue weighted by molar-refractivity contribution is 5.90. The molecule has 9 nitrogen and oxygen atoms in total. The van der Waals surface area contributed by atoms with Crippen molar-refractivity contribution in [3.05, 3.63) is 46.0 Å². The molecule has 2 N–H and O–H groups in total. The van der Waals surface area contributed by atoms with Gasteiger partial charge in [-0.05, 0) is 6.07 Å². The van der Waals surface area contributed by atoms with Crippen LogP contribution in [0, 0.1) is 10.1 Å². The Morgan fingerprint density at radius 3 is 2.38 bits per heavy atom. The van der Waals surface area contributed by atoms with Crippen molar-refractivity contribution in [3.8, 4) is 17.5 Å². The zero-order valence-corrected chi connectivity index (χ0v) is 10.7. The minimum Gasteiger partial charge on any atom is -0.492 e. The summed E-state index contributed by atoms with van der Waals surface area (Å²) in [5.74, 6) is -2.01. The second-order valence-electron chi connectivity index (χ2n) is 3.87. The number of aromatic nitrogens is 1. The lowest BCUT2D eigenvalue weighted by molar-refractivity contribution is -0.385. The molecule has 0 saturated heterocycles. The fourth-order valence-corrected chi connectivity index (χ4v) is 1.59. The van der Waals surface area contributed by atoms with Gasteiger partial charge in [0.2, 0.25) is 11.8 Å². The van der Waals surface area contributed by atoms with Crippen molar-refractivity contribution >= 4 is 11.7 Å². The first-order valence-electron chi connectivity index (χ1n) is 5.59. The Kier molecular flexibility index (Phi) is 3.65. The number of methoxy groups -OCH3 is 1. The first-order chi connectivity index (χ1) is 9.93. The van der Waals surface area contributed by atoms with Gasteiger partial charge in [-0.25, -0.2) is 4.79 Å². The van der Waals surface area contributed by atoms with Crippen LogP contribution in [-0.4, -0.2) is 32.9 Å². The second kappa shape index (κ2) is 5.41. The lowest BCUT2D eigenvalue weighted by atomic mass is 10.2. The third-order valence-electron chi connectivity index (χ3n) is 2.58. The first-order valence-corrected chi connectivity index (χ1v) is 5.59. The molecule has 2 aromatic rings. The highest BCUT2D eigenvalue weighted by Gasteiger charge is 2.20. The zero-order valence-electron chi connectivity index (χ0n) is 10.7. The molecule has 0 aliphatic rings. The average Bonchev–Trinajstić information content (AvgIpc) is 2.78. The molecule has 0 saturated carbocycles. The molecular weight excluding hydrogens is 284 g/mol. The second-order valence-corrected chi connectivity index (χ2v) is 3.87. The van der Waals surface area contributed by atoms with Gasteiger partial charge in [-0.1, -0.05) is 0 Å². The van der Waals surface area contributed by atoms with Gasteiger partial charge < -0.3 is 19.8 Å². The van der Waals surface area contributed by atoms with Crippen LogP contribution < -0.4 is 9.57 Å². The van der Waals surface area contributed by atoms with E-state index in [4.69, 9.17) is 9.57 Å². The van der Waals surface area contributed by atoms with Crippen molar-refractivity contribution in [2.45, 2.75) is 0 Å². The number of hydrogen-bond donors (Lipinski definition) is 2. The third kappa shape index (κ3) is 2.71. The van der Waals surface area contributed by atoms with E-state index in [1.54, 1.807) is 0 Å². The average molecular weight is 294 g/mol. The Hall–Kier alpha value is -3.23. The smallest absolute Gasteiger partial charge is 0.364 e. The van der Waals surface area contributed by atoms with E-state index in [0.29, 0.717) is 4.73 Å². The molecule has 0 aliphatic carbocycles. The molecule has 1 aromatic carbocycles. The monoisotopic (exact) mass is 294 g/mol. The Bertz CT molecular complexity index is 688. The summed E-state index contributed by atoms with van der Waals surface area (Å²) >= 11 is 0. The maximum Gasteiger partial charge on any atom is 0.364 e. The Morgan fingerprint density at radius 1 is 1.24 bits per heavy atom. The van der Waals surface area contributed by atoms with Crippen molar-refractivity contribution in [2.24, 2.45) is 0 Å². The molecule has 0 fully saturated rings. The van der Waals surface area contributed by atoms with Crippen molar-refractivity contribution in [2.75, 3.05) is 7.11 Å². The summed E-state index contributed by atoms with van der Waals surface area (Å²) in [6.07, 6.45) is 0. The summed E-state index contributed by atoms with van der Waals surface area (Å²) in [4.78, 5) is 26.7. The van der Waals surface area contributed by atoms with Crippen LogP contribution in [0.3, 0.4) is 0 Å². The molecule has 0 spiro atoms. The lowest BCUT2D eigenvalue weighted by Gasteiger charge is -2.08. The molecule has 0 unspecified atom stereocenters. The van der Waals surface area contributed by atoms with Crippen molar-refractivity contribution < 1.29 is 29.5 Å². The number of carbonyl (C=O) groups is 1. The number of rotatable bonds is 4. The van der Waals surface area contributed by atoms with E-state index in [2.05, 4.69) is 0 Å². The molecule has 0 aliphatic heterocycles. The molecule has 0 bridgehead atoms. The van der Waals surface area contributed by atoms with Crippen molar-refractivity contribution in [3.63, 3.8) is 0 Å². The predicted molar refractivity (Wildman–Crippen MR) is 68.3 cm³/mol. The van der Waals surface area contributed by atoms with E-state index in [1.807, 2.05) is 0 Å².